The highest BCUT2D eigenvalue weighted by molar-refractivity contribution is 6.24. The van der Waals surface area contributed by atoms with Crippen LogP contribution in [0, 0.1) is 0 Å². The van der Waals surface area contributed by atoms with Crippen LogP contribution in [-0.4, -0.2) is 37.4 Å². The summed E-state index contributed by atoms with van der Waals surface area (Å²) in [6.07, 6.45) is 0. The Balaban J connectivity index is 0.000000139. The second-order valence-electron chi connectivity index (χ2n) is 38.7. The fourth-order valence-corrected chi connectivity index (χ4v) is 24.0. The average Bonchev–Trinajstić information content (AvgIpc) is 1.54. The van der Waals surface area contributed by atoms with Gasteiger partial charge in [-0.2, -0.15) is 0 Å². The van der Waals surface area contributed by atoms with E-state index in [1.807, 2.05) is 12.1 Å². The molecule has 0 N–H and O–H groups in total. The first-order valence-electron chi connectivity index (χ1n) is 47.1. The Hall–Kier alpha value is -16.9. The molecule has 0 saturated heterocycles. The van der Waals surface area contributed by atoms with Gasteiger partial charge in [0.1, 0.15) is 0 Å². The van der Waals surface area contributed by atoms with Crippen molar-refractivity contribution in [2.75, 3.05) is 0 Å². The van der Waals surface area contributed by atoms with Crippen LogP contribution in [-0.2, 0) is 16.2 Å². The molecule has 0 saturated carbocycles. The predicted molar refractivity (Wildman–Crippen MR) is 564 cm³/mol. The molecule has 26 aromatic rings. The van der Waals surface area contributed by atoms with Crippen LogP contribution in [0.3, 0.4) is 0 Å². The summed E-state index contributed by atoms with van der Waals surface area (Å²) in [4.78, 5) is 10.3. The summed E-state index contributed by atoms with van der Waals surface area (Å²) in [6, 6.07) is 157. The van der Waals surface area contributed by atoms with Gasteiger partial charge in [-0.1, -0.05) is 284 Å². The van der Waals surface area contributed by atoms with E-state index in [4.69, 9.17) is 9.97 Å². The van der Waals surface area contributed by atoms with Crippen molar-refractivity contribution in [3.8, 4) is 101 Å². The van der Waals surface area contributed by atoms with Crippen LogP contribution in [0.4, 0.5) is 0 Å². The Morgan fingerprint density at radius 3 is 0.681 bits per heavy atom. The smallest absolute Gasteiger partial charge is 0.160 e. The quantitative estimate of drug-likeness (QED) is 0.145. The normalized spacial score (nSPS) is 13.7. The van der Waals surface area contributed by atoms with Crippen LogP contribution in [0.1, 0.15) is 74.9 Å². The maximum absolute atomic E-state index is 5.14. The lowest BCUT2D eigenvalue weighted by molar-refractivity contribution is 0.661. The highest BCUT2D eigenvalue weighted by atomic mass is 15.0. The molecule has 3 aliphatic carbocycles. The Bertz CT molecular complexity index is 9150. The lowest BCUT2D eigenvalue weighted by Crippen LogP contribution is -2.15. The number of hydrogen-bond acceptors (Lipinski definition) is 2. The number of nitrogens with zero attached hydrogens (tertiary/aromatic N) is 8. The van der Waals surface area contributed by atoms with Crippen molar-refractivity contribution in [1.29, 1.82) is 0 Å². The van der Waals surface area contributed by atoms with E-state index >= 15 is 0 Å². The highest BCUT2D eigenvalue weighted by Crippen LogP contribution is 2.57. The van der Waals surface area contributed by atoms with Gasteiger partial charge in [-0.3, -0.25) is 0 Å². The molecule has 8 nitrogen and oxygen atoms in total. The number of rotatable bonds is 9. The molecule has 7 heterocycles. The molecule has 19 aromatic carbocycles. The third kappa shape index (κ3) is 11.1. The van der Waals surface area contributed by atoms with E-state index in [-0.39, 0.29) is 16.2 Å². The highest BCUT2D eigenvalue weighted by Gasteiger charge is 2.40. The van der Waals surface area contributed by atoms with E-state index in [0.29, 0.717) is 5.82 Å². The minimum Gasteiger partial charge on any atom is -0.309 e. The molecule has 0 aliphatic heterocycles. The van der Waals surface area contributed by atoms with Gasteiger partial charge in [0.2, 0.25) is 0 Å². The SMILES string of the molecule is CC1(C)c2ccccc2-c2cc3c4cc5c(cc4n(-c4ccc(-c6nc(-c7ccccc7)cc(-c7ccccc7)n6)cc4)c3cc21)c1ccccc1n5-c1ccccc1.CC1(C)c2ccccc2-c2cc3c4cc5c(cc4n(-c4ccc(-n6c7cc8c(cc7c7cc9c(cc76)c6ccccc6n9-c6ccccc6)-c6ccccc6C8(C)C)cc4)c3cc21)c1ccccc1n5-c1ccccc1. The molecule has 0 unspecified atom stereocenters. The van der Waals surface area contributed by atoms with Crippen LogP contribution >= 0.6 is 0 Å². The molecular weight excluding hydrogens is 1640 g/mol. The van der Waals surface area contributed by atoms with Gasteiger partial charge < -0.3 is 27.4 Å². The molecule has 0 bridgehead atoms. The zero-order chi connectivity index (χ0) is 89.6. The van der Waals surface area contributed by atoms with E-state index < -0.39 is 0 Å². The zero-order valence-corrected chi connectivity index (χ0v) is 75.5. The van der Waals surface area contributed by atoms with Crippen molar-refractivity contribution in [1.82, 2.24) is 37.4 Å². The van der Waals surface area contributed by atoms with Crippen LogP contribution in [0.25, 0.3) is 232 Å². The van der Waals surface area contributed by atoms with Crippen molar-refractivity contribution in [2.45, 2.75) is 57.8 Å². The van der Waals surface area contributed by atoms with Gasteiger partial charge in [0.25, 0.3) is 0 Å². The number of fused-ring (bicyclic) bond motifs is 27. The van der Waals surface area contributed by atoms with Crippen LogP contribution in [0.2, 0.25) is 0 Å². The number of hydrogen-bond donors (Lipinski definition) is 0. The summed E-state index contributed by atoms with van der Waals surface area (Å²) >= 11 is 0. The van der Waals surface area contributed by atoms with Gasteiger partial charge in [0, 0.05) is 132 Å². The summed E-state index contributed by atoms with van der Waals surface area (Å²) in [5, 5.41) is 14.9. The third-order valence-electron chi connectivity index (χ3n) is 30.4. The maximum Gasteiger partial charge on any atom is 0.160 e. The van der Waals surface area contributed by atoms with E-state index in [2.05, 4.69) is 481 Å². The first-order valence-corrected chi connectivity index (χ1v) is 47.1. The van der Waals surface area contributed by atoms with E-state index in [9.17, 15) is 0 Å². The molecule has 0 amide bonds. The molecule has 636 valence electrons. The molecule has 135 heavy (non-hydrogen) atoms. The summed E-state index contributed by atoms with van der Waals surface area (Å²) < 4.78 is 14.9. The van der Waals surface area contributed by atoms with E-state index in [1.54, 1.807) is 0 Å². The summed E-state index contributed by atoms with van der Waals surface area (Å²) in [5.74, 6) is 0.701. The predicted octanol–water partition coefficient (Wildman–Crippen LogP) is 32.7. The standard InChI is InChI=1S/C72H50N4.C55H38N4/c1-71(2)59-27-15-11-23-47(59)51-35-53-57-39-65-55(49-25-13-17-29-63(49)73(65)43-19-7-5-8-20-43)37-67(57)75(69(53)41-61(51)71)45-31-33-46(34-32-45)76-68-38-56-50-26-14-18-30-64(50)74(44-21-9-6-10-22-44)66(56)40-58(68)54-36-52-48-24-12-16-28-60(48)72(3,4)62(52)42-70(54)76;1-55(2)46-24-14-12-22-40(46)42-30-43-45-32-51-44(41-23-13-15-25-50(41)58(51)38-20-10-5-11-21-38)31-52(45)59(53(43)33-47(42)55)39-28-26-37(27-29-39)54-56-48(35-16-6-3-7-17-35)34-49(57-54)36-18-8-4-9-19-36/h5-42H,1-4H3;3-34H,1-2H3. The van der Waals surface area contributed by atoms with Gasteiger partial charge in [0.15, 0.2) is 5.82 Å². The van der Waals surface area contributed by atoms with Gasteiger partial charge in [-0.05, 0) is 249 Å². The van der Waals surface area contributed by atoms with Crippen LogP contribution in [0.5, 0.6) is 0 Å². The van der Waals surface area contributed by atoms with E-state index in [1.165, 1.54) is 198 Å². The fourth-order valence-electron chi connectivity index (χ4n) is 24.0. The first-order chi connectivity index (χ1) is 66.2. The van der Waals surface area contributed by atoms with Crippen LogP contribution in [0.15, 0.2) is 425 Å². The first kappa shape index (κ1) is 76.9. The lowest BCUT2D eigenvalue weighted by Gasteiger charge is -2.22. The number of aromatic nitrogens is 8. The maximum atomic E-state index is 5.14. The van der Waals surface area contributed by atoms with Crippen molar-refractivity contribution in [2.24, 2.45) is 0 Å². The lowest BCUT2D eigenvalue weighted by atomic mass is 9.82. The van der Waals surface area contributed by atoms with Crippen molar-refractivity contribution in [3.63, 3.8) is 0 Å². The fraction of sp³-hybridized carbons (Fsp3) is 0.0709. The van der Waals surface area contributed by atoms with Crippen molar-refractivity contribution in [3.05, 3.63) is 458 Å². The number of para-hydroxylation sites is 6. The van der Waals surface area contributed by atoms with Crippen molar-refractivity contribution >= 4 is 131 Å². The monoisotopic (exact) mass is 1720 g/mol. The summed E-state index contributed by atoms with van der Waals surface area (Å²) in [5.41, 5.74) is 42.0. The van der Waals surface area contributed by atoms with Crippen LogP contribution < -0.4 is 0 Å². The molecule has 0 atom stereocenters. The molecule has 29 rings (SSSR count). The van der Waals surface area contributed by atoms with Crippen molar-refractivity contribution < 1.29 is 0 Å². The molecule has 0 radical (unpaired) electrons. The molecule has 0 fully saturated rings. The van der Waals surface area contributed by atoms with Gasteiger partial charge in [0.05, 0.1) is 77.6 Å². The largest absolute Gasteiger partial charge is 0.309 e. The van der Waals surface area contributed by atoms with Gasteiger partial charge >= 0.3 is 0 Å². The second kappa shape index (κ2) is 28.5. The molecule has 0 spiro atoms. The zero-order valence-electron chi connectivity index (χ0n) is 75.5. The van der Waals surface area contributed by atoms with Gasteiger partial charge in [-0.15, -0.1) is 0 Å². The Labute approximate surface area is 780 Å². The molecular formula is C127H88N8. The summed E-state index contributed by atoms with van der Waals surface area (Å²) in [7, 11) is 0. The molecule has 3 aliphatic rings. The Morgan fingerprint density at radius 1 is 0.156 bits per heavy atom. The Morgan fingerprint density at radius 2 is 0.378 bits per heavy atom. The third-order valence-corrected chi connectivity index (χ3v) is 30.4. The molecule has 8 heteroatoms. The average molecular weight is 1730 g/mol. The molecule has 7 aromatic heterocycles. The Kier molecular flexibility index (Phi) is 16.3. The minimum absolute atomic E-state index is 0.131. The topological polar surface area (TPSA) is 55.4 Å². The minimum atomic E-state index is -0.151. The second-order valence-corrected chi connectivity index (χ2v) is 38.7. The summed E-state index contributed by atoms with van der Waals surface area (Å²) in [6.45, 7) is 14.3. The van der Waals surface area contributed by atoms with E-state index in [0.717, 1.165) is 62.2 Å². The van der Waals surface area contributed by atoms with Gasteiger partial charge in [-0.25, -0.2) is 9.97 Å². The number of benzene rings is 19.